The Morgan fingerprint density at radius 2 is 0.759 bits per heavy atom. The van der Waals surface area contributed by atoms with E-state index in [9.17, 15) is 0 Å². The third-order valence-corrected chi connectivity index (χ3v) is 11.3. The number of benzene rings is 10. The molecule has 0 spiro atoms. The van der Waals surface area contributed by atoms with Gasteiger partial charge in [-0.25, -0.2) is 15.0 Å². The van der Waals surface area contributed by atoms with Crippen LogP contribution in [0.2, 0.25) is 0 Å². The number of hydrogen-bond acceptors (Lipinski definition) is 3. The molecule has 0 radical (unpaired) electrons. The Hall–Kier alpha value is -7.75. The van der Waals surface area contributed by atoms with E-state index in [-0.39, 0.29) is 0 Å². The first kappa shape index (κ1) is 33.6. The molecule has 0 saturated heterocycles. The summed E-state index contributed by atoms with van der Waals surface area (Å²) in [4.78, 5) is 15.6. The van der Waals surface area contributed by atoms with Crippen LogP contribution in [0.15, 0.2) is 212 Å². The summed E-state index contributed by atoms with van der Waals surface area (Å²) in [6, 6.07) is 75.4. The second kappa shape index (κ2) is 14.1. The van der Waals surface area contributed by atoms with Crippen molar-refractivity contribution in [2.75, 3.05) is 0 Å². The van der Waals surface area contributed by atoms with Gasteiger partial charge in [0.25, 0.3) is 0 Å². The molecule has 1 aromatic heterocycles. The van der Waals surface area contributed by atoms with Gasteiger partial charge < -0.3 is 0 Å². The van der Waals surface area contributed by atoms with Gasteiger partial charge in [0.2, 0.25) is 0 Å². The van der Waals surface area contributed by atoms with Gasteiger partial charge in [-0.1, -0.05) is 188 Å². The zero-order chi connectivity index (χ0) is 38.4. The van der Waals surface area contributed by atoms with Gasteiger partial charge in [0.15, 0.2) is 17.5 Å². The first-order valence-electron chi connectivity index (χ1n) is 19.7. The molecule has 0 fully saturated rings. The Kier molecular flexibility index (Phi) is 8.15. The summed E-state index contributed by atoms with van der Waals surface area (Å²) in [5, 5.41) is 9.81. The van der Waals surface area contributed by atoms with E-state index in [2.05, 4.69) is 206 Å². The molecule has 0 aliphatic heterocycles. The average Bonchev–Trinajstić information content (AvgIpc) is 3.31. The standard InChI is InChI=1S/C55H35N3/c1-2-15-37(16-3-1)46-24-10-11-27-50(46)55-57-53(56-54(58-55)45-29-28-36-14-4-5-18-39(36)33-45)44-23-13-21-41(34-44)40-20-12-22-43(32-40)52-48-26-9-7-19-42(48)35-51-47-25-8-6-17-38(47)30-31-49(51)52/h1-35H. The lowest BCUT2D eigenvalue weighted by molar-refractivity contribution is 1.07. The Balaban J connectivity index is 1.07. The highest BCUT2D eigenvalue weighted by molar-refractivity contribution is 6.20. The summed E-state index contributed by atoms with van der Waals surface area (Å²) in [6.45, 7) is 0. The normalized spacial score (nSPS) is 11.4. The van der Waals surface area contributed by atoms with Crippen LogP contribution in [0.3, 0.4) is 0 Å². The second-order valence-electron chi connectivity index (χ2n) is 14.8. The fourth-order valence-electron chi connectivity index (χ4n) is 8.45. The molecule has 0 bridgehead atoms. The molecular formula is C55H35N3. The van der Waals surface area contributed by atoms with Gasteiger partial charge in [0, 0.05) is 16.7 Å². The van der Waals surface area contributed by atoms with Crippen LogP contribution in [0.5, 0.6) is 0 Å². The van der Waals surface area contributed by atoms with Crippen molar-refractivity contribution >= 4 is 43.1 Å². The molecule has 0 amide bonds. The fraction of sp³-hybridized carbons (Fsp3) is 0. The molecule has 270 valence electrons. The van der Waals surface area contributed by atoms with Crippen molar-refractivity contribution in [3.8, 4) is 67.5 Å². The predicted molar refractivity (Wildman–Crippen MR) is 242 cm³/mol. The van der Waals surface area contributed by atoms with Gasteiger partial charge in [-0.2, -0.15) is 0 Å². The maximum atomic E-state index is 5.22. The van der Waals surface area contributed by atoms with Crippen molar-refractivity contribution in [1.82, 2.24) is 15.0 Å². The van der Waals surface area contributed by atoms with Crippen LogP contribution < -0.4 is 0 Å². The third kappa shape index (κ3) is 5.98. The smallest absolute Gasteiger partial charge is 0.164 e. The zero-order valence-electron chi connectivity index (χ0n) is 31.5. The van der Waals surface area contributed by atoms with Crippen molar-refractivity contribution in [1.29, 1.82) is 0 Å². The van der Waals surface area contributed by atoms with Crippen LogP contribution >= 0.6 is 0 Å². The van der Waals surface area contributed by atoms with Crippen molar-refractivity contribution in [3.63, 3.8) is 0 Å². The Morgan fingerprint density at radius 3 is 1.55 bits per heavy atom. The van der Waals surface area contributed by atoms with Gasteiger partial charge in [-0.15, -0.1) is 0 Å². The third-order valence-electron chi connectivity index (χ3n) is 11.3. The summed E-state index contributed by atoms with van der Waals surface area (Å²) in [6.07, 6.45) is 0. The van der Waals surface area contributed by atoms with Crippen molar-refractivity contribution < 1.29 is 0 Å². The molecule has 11 aromatic rings. The highest BCUT2D eigenvalue weighted by Crippen LogP contribution is 2.41. The summed E-state index contributed by atoms with van der Waals surface area (Å²) >= 11 is 0. The number of rotatable bonds is 6. The Morgan fingerprint density at radius 1 is 0.224 bits per heavy atom. The van der Waals surface area contributed by atoms with Gasteiger partial charge in [0.05, 0.1) is 0 Å². The van der Waals surface area contributed by atoms with Crippen LogP contribution in [0.25, 0.3) is 111 Å². The molecule has 0 saturated carbocycles. The Bertz CT molecular complexity index is 3350. The monoisotopic (exact) mass is 737 g/mol. The van der Waals surface area contributed by atoms with E-state index in [0.717, 1.165) is 44.3 Å². The number of fused-ring (bicyclic) bond motifs is 5. The molecule has 11 rings (SSSR count). The second-order valence-corrected chi connectivity index (χ2v) is 14.8. The maximum Gasteiger partial charge on any atom is 0.164 e. The fourth-order valence-corrected chi connectivity index (χ4v) is 8.45. The van der Waals surface area contributed by atoms with Crippen molar-refractivity contribution in [2.45, 2.75) is 0 Å². The van der Waals surface area contributed by atoms with E-state index in [1.54, 1.807) is 0 Å². The quantitative estimate of drug-likeness (QED) is 0.126. The highest BCUT2D eigenvalue weighted by atomic mass is 15.0. The molecule has 0 unspecified atom stereocenters. The molecule has 3 nitrogen and oxygen atoms in total. The summed E-state index contributed by atoms with van der Waals surface area (Å²) in [5.74, 6) is 1.90. The van der Waals surface area contributed by atoms with E-state index >= 15 is 0 Å². The first-order chi connectivity index (χ1) is 28.7. The SMILES string of the molecule is c1ccc(-c2ccccc2-c2nc(-c3cccc(-c4cccc(-c5c6ccccc6cc6c5ccc5ccccc56)c4)c3)nc(-c3ccc4ccccc4c3)n2)cc1. The lowest BCUT2D eigenvalue weighted by Crippen LogP contribution is -2.01. The molecule has 0 atom stereocenters. The summed E-state index contributed by atoms with van der Waals surface area (Å²) < 4.78 is 0. The average molecular weight is 738 g/mol. The lowest BCUT2D eigenvalue weighted by Gasteiger charge is -2.15. The number of hydrogen-bond donors (Lipinski definition) is 0. The summed E-state index contributed by atoms with van der Waals surface area (Å²) in [7, 11) is 0. The van der Waals surface area contributed by atoms with Gasteiger partial charge >= 0.3 is 0 Å². The van der Waals surface area contributed by atoms with Crippen LogP contribution in [-0.4, -0.2) is 15.0 Å². The lowest BCUT2D eigenvalue weighted by atomic mass is 9.89. The van der Waals surface area contributed by atoms with Gasteiger partial charge in [0.1, 0.15) is 0 Å². The van der Waals surface area contributed by atoms with E-state index in [1.165, 1.54) is 48.8 Å². The molecule has 1 heterocycles. The van der Waals surface area contributed by atoms with Crippen LogP contribution in [0, 0.1) is 0 Å². The van der Waals surface area contributed by atoms with Crippen LogP contribution in [-0.2, 0) is 0 Å². The van der Waals surface area contributed by atoms with Gasteiger partial charge in [-0.05, 0) is 101 Å². The zero-order valence-corrected chi connectivity index (χ0v) is 31.5. The minimum Gasteiger partial charge on any atom is -0.208 e. The maximum absolute atomic E-state index is 5.22. The van der Waals surface area contributed by atoms with E-state index in [4.69, 9.17) is 15.0 Å². The van der Waals surface area contributed by atoms with E-state index in [0.29, 0.717) is 17.5 Å². The molecular weight excluding hydrogens is 703 g/mol. The minimum atomic E-state index is 0.626. The first-order valence-corrected chi connectivity index (χ1v) is 19.7. The van der Waals surface area contributed by atoms with Crippen molar-refractivity contribution in [2.24, 2.45) is 0 Å². The van der Waals surface area contributed by atoms with E-state index < -0.39 is 0 Å². The van der Waals surface area contributed by atoms with Crippen molar-refractivity contribution in [3.05, 3.63) is 212 Å². The molecule has 10 aromatic carbocycles. The van der Waals surface area contributed by atoms with Crippen LogP contribution in [0.1, 0.15) is 0 Å². The molecule has 58 heavy (non-hydrogen) atoms. The predicted octanol–water partition coefficient (Wildman–Crippen LogP) is 14.5. The topological polar surface area (TPSA) is 38.7 Å². The molecule has 0 aliphatic carbocycles. The van der Waals surface area contributed by atoms with E-state index in [1.807, 2.05) is 6.07 Å². The minimum absolute atomic E-state index is 0.626. The highest BCUT2D eigenvalue weighted by Gasteiger charge is 2.17. The van der Waals surface area contributed by atoms with Crippen LogP contribution in [0.4, 0.5) is 0 Å². The van der Waals surface area contributed by atoms with Gasteiger partial charge in [-0.3, -0.25) is 0 Å². The Labute approximate surface area is 336 Å². The molecule has 3 heteroatoms. The molecule has 0 N–H and O–H groups in total. The number of nitrogens with zero attached hydrogens (tertiary/aromatic N) is 3. The molecule has 0 aliphatic rings. The summed E-state index contributed by atoms with van der Waals surface area (Å²) in [5.41, 5.74) is 9.65. The number of aromatic nitrogens is 3. The largest absolute Gasteiger partial charge is 0.208 e.